The summed E-state index contributed by atoms with van der Waals surface area (Å²) in [5, 5.41) is 0. The molecule has 90 valence electrons. The zero-order valence-corrected chi connectivity index (χ0v) is 10.4. The smallest absolute Gasteiger partial charge is 0.316 e. The molecule has 1 heterocycles. The number of rotatable bonds is 5. The molecule has 0 fully saturated rings. The molecule has 0 saturated carbocycles. The molecule has 0 N–H and O–H groups in total. The number of aromatic nitrogens is 2. The van der Waals surface area contributed by atoms with Crippen molar-refractivity contribution in [3.8, 4) is 0 Å². The summed E-state index contributed by atoms with van der Waals surface area (Å²) in [7, 11) is 0. The Hall–Kier alpha value is -1.32. The van der Waals surface area contributed by atoms with E-state index in [1.807, 2.05) is 38.5 Å². The monoisotopic (exact) mass is 224 g/mol. The molecule has 0 aliphatic carbocycles. The molecule has 0 spiro atoms. The van der Waals surface area contributed by atoms with E-state index in [9.17, 15) is 4.79 Å². The first-order chi connectivity index (χ1) is 7.61. The first-order valence-corrected chi connectivity index (χ1v) is 5.79. The lowest BCUT2D eigenvalue weighted by Gasteiger charge is -2.19. The number of hydrogen-bond donors (Lipinski definition) is 0. The normalized spacial score (nSPS) is 12.8. The van der Waals surface area contributed by atoms with E-state index < -0.39 is 0 Å². The third kappa shape index (κ3) is 2.62. The minimum absolute atomic E-state index is 0.182. The lowest BCUT2D eigenvalue weighted by molar-refractivity contribution is -0.146. The van der Waals surface area contributed by atoms with Crippen LogP contribution in [0.4, 0.5) is 0 Å². The Labute approximate surface area is 96.6 Å². The van der Waals surface area contributed by atoms with E-state index in [4.69, 9.17) is 4.74 Å². The fourth-order valence-corrected chi connectivity index (χ4v) is 1.77. The fraction of sp³-hybridized carbons (Fsp3) is 0.667. The van der Waals surface area contributed by atoms with Gasteiger partial charge in [-0.1, -0.05) is 13.8 Å². The Balaban J connectivity index is 2.98. The zero-order chi connectivity index (χ0) is 12.1. The van der Waals surface area contributed by atoms with Gasteiger partial charge in [0.05, 0.1) is 6.61 Å². The number of nitrogens with zero attached hydrogens (tertiary/aromatic N) is 2. The summed E-state index contributed by atoms with van der Waals surface area (Å²) >= 11 is 0. The van der Waals surface area contributed by atoms with Crippen molar-refractivity contribution in [1.29, 1.82) is 0 Å². The van der Waals surface area contributed by atoms with Crippen molar-refractivity contribution in [2.24, 2.45) is 5.92 Å². The molecule has 0 amide bonds. The molecule has 0 bridgehead atoms. The Morgan fingerprint density at radius 2 is 2.19 bits per heavy atom. The lowest BCUT2D eigenvalue weighted by Crippen LogP contribution is -2.24. The summed E-state index contributed by atoms with van der Waals surface area (Å²) in [6.45, 7) is 9.11. The molecule has 0 aliphatic heterocycles. The van der Waals surface area contributed by atoms with E-state index in [0.717, 1.165) is 12.4 Å². The van der Waals surface area contributed by atoms with Crippen LogP contribution in [0.2, 0.25) is 0 Å². The quantitative estimate of drug-likeness (QED) is 0.720. The van der Waals surface area contributed by atoms with Gasteiger partial charge in [0, 0.05) is 18.9 Å². The number of esters is 1. The summed E-state index contributed by atoms with van der Waals surface area (Å²) in [5.74, 6) is 0.538. The van der Waals surface area contributed by atoms with Crippen LogP contribution >= 0.6 is 0 Å². The van der Waals surface area contributed by atoms with Crippen molar-refractivity contribution in [3.05, 3.63) is 18.2 Å². The maximum atomic E-state index is 11.9. The zero-order valence-electron chi connectivity index (χ0n) is 10.4. The third-order valence-electron chi connectivity index (χ3n) is 2.57. The van der Waals surface area contributed by atoms with Gasteiger partial charge >= 0.3 is 5.97 Å². The van der Waals surface area contributed by atoms with Gasteiger partial charge in [0.15, 0.2) is 0 Å². The molecule has 1 aromatic rings. The molecule has 1 rings (SSSR count). The van der Waals surface area contributed by atoms with Gasteiger partial charge in [-0.25, -0.2) is 4.98 Å². The fourth-order valence-electron chi connectivity index (χ4n) is 1.77. The highest BCUT2D eigenvalue weighted by atomic mass is 16.5. The van der Waals surface area contributed by atoms with Gasteiger partial charge in [0.2, 0.25) is 0 Å². The van der Waals surface area contributed by atoms with Crippen molar-refractivity contribution in [3.63, 3.8) is 0 Å². The van der Waals surface area contributed by atoms with E-state index in [0.29, 0.717) is 6.61 Å². The minimum atomic E-state index is -0.269. The average molecular weight is 224 g/mol. The Kier molecular flexibility index (Phi) is 4.52. The molecule has 1 atom stereocenters. The second kappa shape index (κ2) is 5.68. The van der Waals surface area contributed by atoms with Crippen LogP contribution in [0.5, 0.6) is 0 Å². The molecule has 1 aromatic heterocycles. The van der Waals surface area contributed by atoms with Crippen molar-refractivity contribution in [2.75, 3.05) is 6.61 Å². The number of imidazole rings is 1. The first-order valence-electron chi connectivity index (χ1n) is 5.79. The Morgan fingerprint density at radius 1 is 1.50 bits per heavy atom. The van der Waals surface area contributed by atoms with Crippen LogP contribution in [0, 0.1) is 5.92 Å². The second-order valence-electron chi connectivity index (χ2n) is 4.05. The van der Waals surface area contributed by atoms with Crippen molar-refractivity contribution in [1.82, 2.24) is 9.55 Å². The molecule has 1 unspecified atom stereocenters. The number of aryl methyl sites for hydroxylation is 1. The van der Waals surface area contributed by atoms with Gasteiger partial charge in [-0.05, 0) is 19.8 Å². The lowest BCUT2D eigenvalue weighted by atomic mass is 9.95. The number of carbonyl (C=O) groups excluding carboxylic acids is 1. The molecule has 16 heavy (non-hydrogen) atoms. The topological polar surface area (TPSA) is 44.1 Å². The highest BCUT2D eigenvalue weighted by Gasteiger charge is 2.29. The predicted octanol–water partition coefficient (Wildman–Crippen LogP) is 2.21. The Bertz CT molecular complexity index is 345. The predicted molar refractivity (Wildman–Crippen MR) is 62.1 cm³/mol. The van der Waals surface area contributed by atoms with E-state index in [2.05, 4.69) is 4.98 Å². The van der Waals surface area contributed by atoms with Crippen molar-refractivity contribution < 1.29 is 9.53 Å². The van der Waals surface area contributed by atoms with Gasteiger partial charge in [0.25, 0.3) is 0 Å². The van der Waals surface area contributed by atoms with E-state index >= 15 is 0 Å². The van der Waals surface area contributed by atoms with Crippen LogP contribution in [-0.2, 0) is 16.1 Å². The molecular weight excluding hydrogens is 204 g/mol. The molecular formula is C12H20N2O2. The largest absolute Gasteiger partial charge is 0.465 e. The van der Waals surface area contributed by atoms with Crippen LogP contribution in [0.1, 0.15) is 39.4 Å². The summed E-state index contributed by atoms with van der Waals surface area (Å²) in [6.07, 6.45) is 3.62. The van der Waals surface area contributed by atoms with Crippen LogP contribution in [0.3, 0.4) is 0 Å². The number of ether oxygens (including phenoxy) is 1. The van der Waals surface area contributed by atoms with Gasteiger partial charge in [-0.15, -0.1) is 0 Å². The summed E-state index contributed by atoms with van der Waals surface area (Å²) in [6, 6.07) is 0. The molecule has 4 nitrogen and oxygen atoms in total. The first kappa shape index (κ1) is 12.7. The SMILES string of the molecule is CCOC(=O)C(c1nccn1CC)C(C)C. The standard InChI is InChI=1S/C12H20N2O2/c1-5-14-8-7-13-11(14)10(9(3)4)12(15)16-6-2/h7-10H,5-6H2,1-4H3. The molecule has 0 aliphatic rings. The van der Waals surface area contributed by atoms with E-state index in [1.54, 1.807) is 6.20 Å². The molecule has 0 saturated heterocycles. The second-order valence-corrected chi connectivity index (χ2v) is 4.05. The molecule has 0 aromatic carbocycles. The van der Waals surface area contributed by atoms with Crippen LogP contribution < -0.4 is 0 Å². The number of carbonyl (C=O) groups is 1. The Morgan fingerprint density at radius 3 is 2.69 bits per heavy atom. The van der Waals surface area contributed by atoms with Gasteiger partial charge in [-0.3, -0.25) is 4.79 Å². The molecule has 0 radical (unpaired) electrons. The maximum absolute atomic E-state index is 11.9. The molecule has 4 heteroatoms. The van der Waals surface area contributed by atoms with Crippen molar-refractivity contribution in [2.45, 2.75) is 40.2 Å². The highest BCUT2D eigenvalue weighted by Crippen LogP contribution is 2.24. The number of hydrogen-bond acceptors (Lipinski definition) is 3. The van der Waals surface area contributed by atoms with Crippen LogP contribution in [0.15, 0.2) is 12.4 Å². The summed E-state index contributed by atoms with van der Waals surface area (Å²) < 4.78 is 7.08. The maximum Gasteiger partial charge on any atom is 0.316 e. The summed E-state index contributed by atoms with van der Waals surface area (Å²) in [5.41, 5.74) is 0. The van der Waals surface area contributed by atoms with Crippen LogP contribution in [-0.4, -0.2) is 22.1 Å². The highest BCUT2D eigenvalue weighted by molar-refractivity contribution is 5.77. The van der Waals surface area contributed by atoms with Crippen LogP contribution in [0.25, 0.3) is 0 Å². The van der Waals surface area contributed by atoms with Gasteiger partial charge in [-0.2, -0.15) is 0 Å². The third-order valence-corrected chi connectivity index (χ3v) is 2.57. The van der Waals surface area contributed by atoms with Gasteiger partial charge in [0.1, 0.15) is 11.7 Å². The minimum Gasteiger partial charge on any atom is -0.465 e. The van der Waals surface area contributed by atoms with E-state index in [1.165, 1.54) is 0 Å². The van der Waals surface area contributed by atoms with Crippen molar-refractivity contribution >= 4 is 5.97 Å². The van der Waals surface area contributed by atoms with E-state index in [-0.39, 0.29) is 17.8 Å². The average Bonchev–Trinajstić information content (AvgIpc) is 2.66. The summed E-state index contributed by atoms with van der Waals surface area (Å²) in [4.78, 5) is 16.1. The van der Waals surface area contributed by atoms with Gasteiger partial charge < -0.3 is 9.30 Å².